The van der Waals surface area contributed by atoms with Gasteiger partial charge in [-0.25, -0.2) is 4.79 Å². The Labute approximate surface area is 235 Å². The molecule has 9 heteroatoms. The van der Waals surface area contributed by atoms with E-state index in [1.54, 1.807) is 41.9 Å². The fourth-order valence-electron chi connectivity index (χ4n) is 5.48. The second-order valence-corrected chi connectivity index (χ2v) is 9.93. The molecule has 0 aliphatic heterocycles. The number of aromatic hydroxyl groups is 1. The average molecular weight is 558 g/mol. The number of benzene rings is 3. The van der Waals surface area contributed by atoms with Crippen LogP contribution in [0.4, 0.5) is 0 Å². The first kappa shape index (κ1) is 27.6. The summed E-state index contributed by atoms with van der Waals surface area (Å²) in [5.74, 6) is 0.904. The number of hydrogen-bond donors (Lipinski definition) is 1. The number of allylic oxidation sites excluding steroid dienone is 2. The monoisotopic (exact) mass is 557 g/mol. The van der Waals surface area contributed by atoms with Gasteiger partial charge in [0.1, 0.15) is 22.8 Å². The van der Waals surface area contributed by atoms with E-state index in [9.17, 15) is 14.7 Å². The van der Waals surface area contributed by atoms with Crippen molar-refractivity contribution in [2.75, 3.05) is 28.4 Å². The van der Waals surface area contributed by atoms with Crippen molar-refractivity contribution in [2.24, 2.45) is 7.05 Å². The standard InChI is InChI=1S/C32H31NO8/c1-16(2)12-20(19-13-17-8-11-26(34)41-23(17)15-24(19)38-5)27-25(39-6)14-21-28(31(27)36)30(35)18-9-10-22(37-4)32(40-7)29(18)33(21)3/h8-15,20,36H,1-7H3/t20-/m1/s1. The maximum Gasteiger partial charge on any atom is 0.336 e. The molecule has 3 aromatic carbocycles. The number of hydrogen-bond acceptors (Lipinski definition) is 8. The topological polar surface area (TPSA) is 109 Å². The number of phenols is 1. The highest BCUT2D eigenvalue weighted by Crippen LogP contribution is 2.47. The van der Waals surface area contributed by atoms with Gasteiger partial charge in [-0.15, -0.1) is 0 Å². The minimum atomic E-state index is -0.587. The summed E-state index contributed by atoms with van der Waals surface area (Å²) in [6.45, 7) is 3.88. The fraction of sp³-hybridized carbons (Fsp3) is 0.250. The molecule has 0 aliphatic carbocycles. The van der Waals surface area contributed by atoms with Gasteiger partial charge in [0, 0.05) is 47.7 Å². The molecule has 0 aliphatic rings. The van der Waals surface area contributed by atoms with Crippen LogP contribution in [0.5, 0.6) is 28.7 Å². The van der Waals surface area contributed by atoms with Crippen molar-refractivity contribution in [1.29, 1.82) is 0 Å². The minimum absolute atomic E-state index is 0.140. The predicted octanol–water partition coefficient (Wildman–Crippen LogP) is 5.64. The molecular formula is C32H31NO8. The van der Waals surface area contributed by atoms with Gasteiger partial charge in [-0.3, -0.25) is 4.79 Å². The van der Waals surface area contributed by atoms with Crippen LogP contribution in [0.25, 0.3) is 32.8 Å². The lowest BCUT2D eigenvalue weighted by Gasteiger charge is -2.24. The van der Waals surface area contributed by atoms with Crippen LogP contribution in [0.3, 0.4) is 0 Å². The Morgan fingerprint density at radius 1 is 0.902 bits per heavy atom. The van der Waals surface area contributed by atoms with Gasteiger partial charge in [-0.2, -0.15) is 0 Å². The van der Waals surface area contributed by atoms with E-state index in [0.717, 1.165) is 5.57 Å². The van der Waals surface area contributed by atoms with Crippen LogP contribution >= 0.6 is 0 Å². The van der Waals surface area contributed by atoms with Gasteiger partial charge in [-0.1, -0.05) is 11.6 Å². The van der Waals surface area contributed by atoms with Crippen molar-refractivity contribution in [1.82, 2.24) is 4.57 Å². The minimum Gasteiger partial charge on any atom is -0.507 e. The lowest BCUT2D eigenvalue weighted by atomic mass is 9.86. The van der Waals surface area contributed by atoms with Crippen molar-refractivity contribution >= 4 is 32.8 Å². The van der Waals surface area contributed by atoms with E-state index in [0.29, 0.717) is 61.5 Å². The van der Waals surface area contributed by atoms with E-state index < -0.39 is 11.5 Å². The first-order chi connectivity index (χ1) is 19.6. The van der Waals surface area contributed by atoms with Gasteiger partial charge in [0.2, 0.25) is 5.43 Å². The van der Waals surface area contributed by atoms with Crippen LogP contribution in [0.15, 0.2) is 68.1 Å². The summed E-state index contributed by atoms with van der Waals surface area (Å²) in [6.07, 6.45) is 1.96. The van der Waals surface area contributed by atoms with Crippen molar-refractivity contribution < 1.29 is 28.5 Å². The van der Waals surface area contributed by atoms with Crippen LogP contribution in [0.2, 0.25) is 0 Å². The second kappa shape index (κ2) is 10.6. The van der Waals surface area contributed by atoms with Crippen LogP contribution in [0, 0.1) is 0 Å². The molecule has 1 atom stereocenters. The maximum absolute atomic E-state index is 14.0. The van der Waals surface area contributed by atoms with E-state index in [4.69, 9.17) is 23.4 Å². The van der Waals surface area contributed by atoms with E-state index in [1.807, 2.05) is 26.0 Å². The normalized spacial score (nSPS) is 12.0. The number of methoxy groups -OCH3 is 4. The maximum atomic E-state index is 14.0. The Morgan fingerprint density at radius 3 is 2.24 bits per heavy atom. The van der Waals surface area contributed by atoms with Crippen molar-refractivity contribution in [2.45, 2.75) is 19.8 Å². The van der Waals surface area contributed by atoms with Crippen LogP contribution < -0.4 is 30.0 Å². The lowest BCUT2D eigenvalue weighted by molar-refractivity contribution is 0.357. The van der Waals surface area contributed by atoms with Crippen molar-refractivity contribution in [3.8, 4) is 28.7 Å². The molecular weight excluding hydrogens is 526 g/mol. The Bertz CT molecular complexity index is 1980. The summed E-state index contributed by atoms with van der Waals surface area (Å²) in [5.41, 5.74) is 2.56. The lowest BCUT2D eigenvalue weighted by Crippen LogP contribution is -2.13. The smallest absolute Gasteiger partial charge is 0.336 e. The number of nitrogens with zero attached hydrogens (tertiary/aromatic N) is 1. The van der Waals surface area contributed by atoms with E-state index in [-0.39, 0.29) is 16.6 Å². The summed E-state index contributed by atoms with van der Waals surface area (Å²) in [4.78, 5) is 25.8. The third-order valence-corrected chi connectivity index (χ3v) is 7.31. The summed E-state index contributed by atoms with van der Waals surface area (Å²) in [6, 6.07) is 11.6. The third kappa shape index (κ3) is 4.43. The van der Waals surface area contributed by atoms with Gasteiger partial charge < -0.3 is 33.0 Å². The molecule has 0 saturated carbocycles. The highest BCUT2D eigenvalue weighted by molar-refractivity contribution is 6.01. The molecule has 2 aromatic heterocycles. The predicted molar refractivity (Wildman–Crippen MR) is 158 cm³/mol. The zero-order valence-corrected chi connectivity index (χ0v) is 23.9. The fourth-order valence-corrected chi connectivity index (χ4v) is 5.48. The molecule has 0 unspecified atom stereocenters. The number of aryl methyl sites for hydroxylation is 1. The summed E-state index contributed by atoms with van der Waals surface area (Å²) in [5, 5.41) is 13.1. The van der Waals surface area contributed by atoms with Gasteiger partial charge in [0.25, 0.3) is 0 Å². The summed E-state index contributed by atoms with van der Waals surface area (Å²) in [7, 11) is 7.87. The summed E-state index contributed by atoms with van der Waals surface area (Å²) >= 11 is 0. The Morgan fingerprint density at radius 2 is 1.61 bits per heavy atom. The quantitative estimate of drug-likeness (QED) is 0.156. The zero-order valence-electron chi connectivity index (χ0n) is 23.9. The van der Waals surface area contributed by atoms with Gasteiger partial charge in [-0.05, 0) is 38.1 Å². The van der Waals surface area contributed by atoms with Crippen LogP contribution in [-0.2, 0) is 7.05 Å². The number of phenolic OH excluding ortho intramolecular Hbond substituents is 1. The Kier molecular flexibility index (Phi) is 7.13. The molecule has 0 saturated heterocycles. The summed E-state index contributed by atoms with van der Waals surface area (Å²) < 4.78 is 29.8. The number of rotatable bonds is 7. The van der Waals surface area contributed by atoms with Crippen LogP contribution in [-0.4, -0.2) is 38.1 Å². The molecule has 212 valence electrons. The van der Waals surface area contributed by atoms with Crippen LogP contribution in [0.1, 0.15) is 30.9 Å². The number of pyridine rings is 1. The van der Waals surface area contributed by atoms with Gasteiger partial charge in [0.05, 0.1) is 50.2 Å². The molecule has 9 nitrogen and oxygen atoms in total. The molecule has 0 radical (unpaired) electrons. The number of fused-ring (bicyclic) bond motifs is 3. The molecule has 0 amide bonds. The average Bonchev–Trinajstić information content (AvgIpc) is 2.96. The highest BCUT2D eigenvalue weighted by atomic mass is 16.5. The molecule has 1 N–H and O–H groups in total. The third-order valence-electron chi connectivity index (χ3n) is 7.31. The molecule has 0 bridgehead atoms. The SMILES string of the molecule is COc1cc2oc(=O)ccc2cc1[C@@H](C=C(C)C)c1c(OC)cc2c(c1O)c(=O)c1ccc(OC)c(OC)c1n2C. The molecule has 0 spiro atoms. The highest BCUT2D eigenvalue weighted by Gasteiger charge is 2.29. The largest absolute Gasteiger partial charge is 0.507 e. The number of ether oxygens (including phenoxy) is 4. The molecule has 5 aromatic rings. The molecule has 2 heterocycles. The molecule has 5 rings (SSSR count). The zero-order chi connectivity index (χ0) is 29.6. The van der Waals surface area contributed by atoms with E-state index in [2.05, 4.69) is 0 Å². The van der Waals surface area contributed by atoms with Crippen molar-refractivity contribution in [3.63, 3.8) is 0 Å². The van der Waals surface area contributed by atoms with Crippen molar-refractivity contribution in [3.05, 3.63) is 85.9 Å². The first-order valence-corrected chi connectivity index (χ1v) is 12.9. The van der Waals surface area contributed by atoms with E-state index in [1.165, 1.54) is 34.5 Å². The second-order valence-electron chi connectivity index (χ2n) is 9.93. The Hall–Kier alpha value is -4.92. The Balaban J connectivity index is 1.92. The number of aromatic nitrogens is 1. The van der Waals surface area contributed by atoms with E-state index >= 15 is 0 Å². The molecule has 0 fully saturated rings. The van der Waals surface area contributed by atoms with Gasteiger partial charge in [0.15, 0.2) is 11.5 Å². The molecule has 41 heavy (non-hydrogen) atoms. The first-order valence-electron chi connectivity index (χ1n) is 12.9. The van der Waals surface area contributed by atoms with Gasteiger partial charge >= 0.3 is 5.63 Å².